The van der Waals surface area contributed by atoms with Crippen LogP contribution in [-0.4, -0.2) is 35.7 Å². The summed E-state index contributed by atoms with van der Waals surface area (Å²) in [6.45, 7) is 13.7. The van der Waals surface area contributed by atoms with Crippen LogP contribution in [0.3, 0.4) is 0 Å². The molecule has 2 fully saturated rings. The summed E-state index contributed by atoms with van der Waals surface area (Å²) in [7, 11) is 0. The molecule has 1 aromatic heterocycles. The van der Waals surface area contributed by atoms with Crippen molar-refractivity contribution in [2.45, 2.75) is 130 Å². The third-order valence-corrected chi connectivity index (χ3v) is 10.3. The lowest BCUT2D eigenvalue weighted by Crippen LogP contribution is -2.48. The van der Waals surface area contributed by atoms with E-state index in [-0.39, 0.29) is 53.3 Å². The Kier molecular flexibility index (Phi) is 9.21. The molecule has 1 saturated carbocycles. The Morgan fingerprint density at radius 2 is 1.82 bits per heavy atom. The zero-order valence-corrected chi connectivity index (χ0v) is 25.4. The fourth-order valence-corrected chi connectivity index (χ4v) is 7.84. The van der Waals surface area contributed by atoms with Crippen LogP contribution >= 0.6 is 0 Å². The average Bonchev–Trinajstić information content (AvgIpc) is 3.53. The Hall–Kier alpha value is -2.57. The normalized spacial score (nSPS) is 36.9. The van der Waals surface area contributed by atoms with Gasteiger partial charge in [0, 0.05) is 38.0 Å². The molecule has 1 aromatic rings. The van der Waals surface area contributed by atoms with Gasteiger partial charge >= 0.3 is 17.9 Å². The summed E-state index contributed by atoms with van der Waals surface area (Å²) in [5, 5.41) is 0. The van der Waals surface area contributed by atoms with E-state index in [0.717, 1.165) is 55.6 Å². The fraction of sp³-hybridized carbons (Fsp3) is 0.727. The SMILES string of the molecule is CC(=O)O[C@H]1CC[C@H](C)C([C@@H](C[C@@]2(C)C(C)CC[C@@]23CCC(=O)O3)OC(C)=O)C[C@H](c2ccc(C)o2)/C=C(\C)C1. The Morgan fingerprint density at radius 3 is 2.42 bits per heavy atom. The maximum atomic E-state index is 12.6. The summed E-state index contributed by atoms with van der Waals surface area (Å²) in [4.78, 5) is 36.8. The van der Waals surface area contributed by atoms with E-state index in [2.05, 4.69) is 33.8 Å². The zero-order valence-electron chi connectivity index (χ0n) is 25.4. The van der Waals surface area contributed by atoms with Gasteiger partial charge in [-0.15, -0.1) is 0 Å². The molecule has 2 unspecified atom stereocenters. The Bertz CT molecular complexity index is 1120. The van der Waals surface area contributed by atoms with E-state index in [1.165, 1.54) is 13.8 Å². The highest BCUT2D eigenvalue weighted by Gasteiger charge is 2.61. The highest BCUT2D eigenvalue weighted by molar-refractivity contribution is 5.72. The third kappa shape index (κ3) is 6.49. The first kappa shape index (κ1) is 30.4. The number of ether oxygens (including phenoxy) is 3. The maximum absolute atomic E-state index is 12.6. The van der Waals surface area contributed by atoms with Crippen molar-refractivity contribution in [3.63, 3.8) is 0 Å². The van der Waals surface area contributed by atoms with Gasteiger partial charge in [-0.25, -0.2) is 0 Å². The summed E-state index contributed by atoms with van der Waals surface area (Å²) < 4.78 is 24.2. The van der Waals surface area contributed by atoms with Gasteiger partial charge in [-0.3, -0.25) is 14.4 Å². The highest BCUT2D eigenvalue weighted by Crippen LogP contribution is 2.60. The van der Waals surface area contributed by atoms with Crippen molar-refractivity contribution in [2.75, 3.05) is 0 Å². The first-order valence-electron chi connectivity index (χ1n) is 15.1. The van der Waals surface area contributed by atoms with Crippen molar-refractivity contribution in [1.29, 1.82) is 0 Å². The lowest BCUT2D eigenvalue weighted by Gasteiger charge is -2.46. The molecule has 1 aliphatic heterocycles. The minimum Gasteiger partial charge on any atom is -0.466 e. The fourth-order valence-electron chi connectivity index (χ4n) is 7.84. The lowest BCUT2D eigenvalue weighted by molar-refractivity contribution is -0.170. The summed E-state index contributed by atoms with van der Waals surface area (Å²) in [5.74, 6) is 1.59. The third-order valence-electron chi connectivity index (χ3n) is 10.3. The predicted octanol–water partition coefficient (Wildman–Crippen LogP) is 7.21. The van der Waals surface area contributed by atoms with Crippen LogP contribution in [0.15, 0.2) is 28.2 Å². The number of carbonyl (C=O) groups is 3. The molecule has 7 heteroatoms. The summed E-state index contributed by atoms with van der Waals surface area (Å²) >= 11 is 0. The number of furan rings is 1. The Balaban J connectivity index is 1.73. The molecule has 8 atom stereocenters. The van der Waals surface area contributed by atoms with Crippen LogP contribution in [0.1, 0.15) is 117 Å². The van der Waals surface area contributed by atoms with Gasteiger partial charge in [0.15, 0.2) is 0 Å². The second kappa shape index (κ2) is 12.1. The van der Waals surface area contributed by atoms with Crippen LogP contribution in [0.2, 0.25) is 0 Å². The van der Waals surface area contributed by atoms with Crippen molar-refractivity contribution in [1.82, 2.24) is 0 Å². The van der Waals surface area contributed by atoms with E-state index in [1.54, 1.807) is 0 Å². The molecular weight excluding hydrogens is 508 g/mol. The van der Waals surface area contributed by atoms with E-state index in [9.17, 15) is 14.4 Å². The van der Waals surface area contributed by atoms with Crippen molar-refractivity contribution in [3.8, 4) is 0 Å². The van der Waals surface area contributed by atoms with Gasteiger partial charge in [0.05, 0.1) is 0 Å². The quantitative estimate of drug-likeness (QED) is 0.208. The highest BCUT2D eigenvalue weighted by atomic mass is 16.6. The Morgan fingerprint density at radius 1 is 1.07 bits per heavy atom. The van der Waals surface area contributed by atoms with Gasteiger partial charge < -0.3 is 18.6 Å². The number of rotatable bonds is 6. The number of hydrogen-bond acceptors (Lipinski definition) is 7. The van der Waals surface area contributed by atoms with E-state index < -0.39 is 5.60 Å². The number of esters is 3. The first-order chi connectivity index (χ1) is 18.8. The van der Waals surface area contributed by atoms with E-state index >= 15 is 0 Å². The molecule has 2 heterocycles. The van der Waals surface area contributed by atoms with Gasteiger partial charge in [-0.1, -0.05) is 32.4 Å². The topological polar surface area (TPSA) is 92.0 Å². The summed E-state index contributed by atoms with van der Waals surface area (Å²) in [5.41, 5.74) is 0.336. The minimum absolute atomic E-state index is 0.0117. The number of carbonyl (C=O) groups excluding carboxylic acids is 3. The monoisotopic (exact) mass is 556 g/mol. The molecule has 7 nitrogen and oxygen atoms in total. The minimum atomic E-state index is -0.504. The van der Waals surface area contributed by atoms with Crippen LogP contribution in [0.25, 0.3) is 0 Å². The molecular formula is C33H48O7. The first-order valence-corrected chi connectivity index (χ1v) is 15.1. The van der Waals surface area contributed by atoms with E-state index in [4.69, 9.17) is 18.6 Å². The molecule has 1 saturated heterocycles. The van der Waals surface area contributed by atoms with Gasteiger partial charge in [0.1, 0.15) is 29.3 Å². The van der Waals surface area contributed by atoms with Crippen molar-refractivity contribution in [3.05, 3.63) is 35.3 Å². The van der Waals surface area contributed by atoms with Crippen LogP contribution in [0, 0.1) is 30.1 Å². The second-order valence-corrected chi connectivity index (χ2v) is 13.1. The molecule has 0 aromatic carbocycles. The van der Waals surface area contributed by atoms with Crippen molar-refractivity contribution >= 4 is 17.9 Å². The van der Waals surface area contributed by atoms with Gasteiger partial charge in [0.25, 0.3) is 0 Å². The van der Waals surface area contributed by atoms with Gasteiger partial charge in [-0.2, -0.15) is 0 Å². The zero-order chi connectivity index (χ0) is 29.2. The molecule has 0 bridgehead atoms. The molecule has 4 rings (SSSR count). The molecule has 0 amide bonds. The standard InChI is InChI=1S/C33H48O7/c1-20-16-26(29-11-9-23(4)37-29)18-28(21(2)8-10-27(17-20)38-24(5)34)30(39-25(6)35)19-32(7)22(3)12-14-33(32)15-13-31(36)40-33/h9,11,16,21-22,26-28,30H,8,10,12-15,17-19H2,1-7H3/b20-16+/t21-,22?,26+,27-,28?,30+,32-,33+/m0/s1. The average molecular weight is 557 g/mol. The molecule has 1 spiro atoms. The number of allylic oxidation sites excluding steroid dienone is 1. The van der Waals surface area contributed by atoms with Gasteiger partial charge in [0.2, 0.25) is 0 Å². The van der Waals surface area contributed by atoms with Crippen LogP contribution < -0.4 is 0 Å². The van der Waals surface area contributed by atoms with Gasteiger partial charge in [-0.05, 0) is 88.7 Å². The smallest absolute Gasteiger partial charge is 0.306 e. The molecule has 3 aliphatic rings. The predicted molar refractivity (Wildman–Crippen MR) is 151 cm³/mol. The largest absolute Gasteiger partial charge is 0.466 e. The van der Waals surface area contributed by atoms with E-state index in [1.807, 2.05) is 19.1 Å². The molecule has 0 N–H and O–H groups in total. The number of aryl methyl sites for hydroxylation is 1. The van der Waals surface area contributed by atoms with E-state index in [0.29, 0.717) is 25.2 Å². The molecule has 2 aliphatic carbocycles. The molecule has 40 heavy (non-hydrogen) atoms. The second-order valence-electron chi connectivity index (χ2n) is 13.1. The van der Waals surface area contributed by atoms with Crippen LogP contribution in [0.5, 0.6) is 0 Å². The van der Waals surface area contributed by atoms with Crippen molar-refractivity contribution < 1.29 is 33.0 Å². The number of hydrogen-bond donors (Lipinski definition) is 0. The summed E-state index contributed by atoms with van der Waals surface area (Å²) in [6.07, 6.45) is 8.36. The van der Waals surface area contributed by atoms with Crippen LogP contribution in [-0.2, 0) is 28.6 Å². The molecule has 222 valence electrons. The lowest BCUT2D eigenvalue weighted by atomic mass is 9.64. The summed E-state index contributed by atoms with van der Waals surface area (Å²) in [6, 6.07) is 4.02. The molecule has 0 radical (unpaired) electrons. The maximum Gasteiger partial charge on any atom is 0.306 e. The van der Waals surface area contributed by atoms with Crippen LogP contribution in [0.4, 0.5) is 0 Å². The Labute approximate surface area is 239 Å². The van der Waals surface area contributed by atoms with Crippen molar-refractivity contribution in [2.24, 2.45) is 23.2 Å².